The molecule has 0 unspecified atom stereocenters. The summed E-state index contributed by atoms with van der Waals surface area (Å²) in [4.78, 5) is 0. The molecule has 0 spiro atoms. The second kappa shape index (κ2) is 5.51. The van der Waals surface area contributed by atoms with Crippen LogP contribution in [0.3, 0.4) is 0 Å². The number of halogens is 3. The van der Waals surface area contributed by atoms with Crippen molar-refractivity contribution in [2.45, 2.75) is 5.51 Å². The molecule has 1 aromatic rings. The van der Waals surface area contributed by atoms with Crippen molar-refractivity contribution in [3.05, 3.63) is 29.8 Å². The van der Waals surface area contributed by atoms with E-state index in [1.54, 1.807) is 12.1 Å². The third-order valence-electron chi connectivity index (χ3n) is 1.29. The second-order valence-corrected chi connectivity index (χ2v) is 3.99. The number of alkyl halides is 3. The molecular formula is C8H6F3NO4S. The lowest BCUT2D eigenvalue weighted by Gasteiger charge is -1.97. The molecule has 0 heterocycles. The van der Waals surface area contributed by atoms with Crippen LogP contribution in [0.1, 0.15) is 5.56 Å². The summed E-state index contributed by atoms with van der Waals surface area (Å²) < 4.78 is 57.5. The monoisotopic (exact) mass is 269 g/mol. The molecule has 17 heavy (non-hydrogen) atoms. The molecule has 9 heteroatoms. The average molecular weight is 269 g/mol. The fraction of sp³-hybridized carbons (Fsp3) is 0.125. The minimum Gasteiger partial charge on any atom is -0.508 e. The number of phenolic OH excluding ortho intramolecular Hbond substituents is 1. The van der Waals surface area contributed by atoms with E-state index in [4.69, 9.17) is 23.3 Å². The molecule has 1 rings (SSSR count). The molecule has 0 aromatic heterocycles. The first-order valence-corrected chi connectivity index (χ1v) is 5.25. The SMILES string of the molecule is N#Cc1ccc(O)cc1.O=S(=O)(O)C(F)(F)F. The molecule has 94 valence electrons. The van der Waals surface area contributed by atoms with Gasteiger partial charge in [-0.2, -0.15) is 26.9 Å². The van der Waals surface area contributed by atoms with Crippen LogP contribution in [0.2, 0.25) is 0 Å². The van der Waals surface area contributed by atoms with Gasteiger partial charge in [0.05, 0.1) is 11.6 Å². The van der Waals surface area contributed by atoms with Crippen molar-refractivity contribution >= 4 is 10.1 Å². The normalized spacial score (nSPS) is 11.0. The summed E-state index contributed by atoms with van der Waals surface area (Å²) >= 11 is 0. The molecule has 0 aliphatic rings. The van der Waals surface area contributed by atoms with Gasteiger partial charge in [-0.05, 0) is 24.3 Å². The van der Waals surface area contributed by atoms with Crippen LogP contribution in [0.4, 0.5) is 13.2 Å². The first-order chi connectivity index (χ1) is 7.58. The number of aromatic hydroxyl groups is 1. The molecule has 0 saturated heterocycles. The second-order valence-electron chi connectivity index (χ2n) is 2.58. The Kier molecular flexibility index (Phi) is 4.93. The summed E-state index contributed by atoms with van der Waals surface area (Å²) in [6.07, 6.45) is 0. The minimum absolute atomic E-state index is 0.189. The van der Waals surface area contributed by atoms with Crippen LogP contribution in [-0.2, 0) is 10.1 Å². The summed E-state index contributed by atoms with van der Waals surface area (Å²) in [6.45, 7) is 0. The summed E-state index contributed by atoms with van der Waals surface area (Å²) in [5.41, 5.74) is -4.97. The highest BCUT2D eigenvalue weighted by atomic mass is 32.2. The van der Waals surface area contributed by atoms with Crippen molar-refractivity contribution in [1.82, 2.24) is 0 Å². The zero-order chi connectivity index (χ0) is 13.7. The Balaban J connectivity index is 0.000000304. The minimum atomic E-state index is -5.84. The third kappa shape index (κ3) is 5.74. The van der Waals surface area contributed by atoms with Crippen molar-refractivity contribution in [3.63, 3.8) is 0 Å². The average Bonchev–Trinajstić information content (AvgIpc) is 2.17. The zero-order valence-electron chi connectivity index (χ0n) is 8.01. The number of nitrogens with zero attached hydrogens (tertiary/aromatic N) is 1. The van der Waals surface area contributed by atoms with Gasteiger partial charge in [-0.1, -0.05) is 0 Å². The highest BCUT2D eigenvalue weighted by Crippen LogP contribution is 2.20. The Bertz CT molecular complexity index is 501. The zero-order valence-corrected chi connectivity index (χ0v) is 8.83. The van der Waals surface area contributed by atoms with Gasteiger partial charge in [-0.3, -0.25) is 4.55 Å². The van der Waals surface area contributed by atoms with Crippen LogP contribution in [0.5, 0.6) is 5.75 Å². The van der Waals surface area contributed by atoms with Crippen molar-refractivity contribution < 1.29 is 31.2 Å². The van der Waals surface area contributed by atoms with Crippen LogP contribution < -0.4 is 0 Å². The van der Waals surface area contributed by atoms with E-state index >= 15 is 0 Å². The Labute approximate surface area is 94.5 Å². The van der Waals surface area contributed by atoms with E-state index in [2.05, 4.69) is 0 Å². The predicted octanol–water partition coefficient (Wildman–Crippen LogP) is 1.66. The molecular weight excluding hydrogens is 263 g/mol. The maximum atomic E-state index is 10.7. The highest BCUT2D eigenvalue weighted by Gasteiger charge is 2.44. The van der Waals surface area contributed by atoms with Crippen molar-refractivity contribution in [2.24, 2.45) is 0 Å². The molecule has 0 saturated carbocycles. The van der Waals surface area contributed by atoms with E-state index in [1.165, 1.54) is 12.1 Å². The van der Waals surface area contributed by atoms with E-state index < -0.39 is 15.6 Å². The van der Waals surface area contributed by atoms with Gasteiger partial charge >= 0.3 is 15.6 Å². The Morgan fingerprint density at radius 3 is 1.76 bits per heavy atom. The van der Waals surface area contributed by atoms with Gasteiger partial charge in [-0.25, -0.2) is 0 Å². The molecule has 1 aromatic carbocycles. The first-order valence-electron chi connectivity index (χ1n) is 3.81. The number of nitriles is 1. The van der Waals surface area contributed by atoms with E-state index in [9.17, 15) is 13.2 Å². The fourth-order valence-corrected chi connectivity index (χ4v) is 0.536. The Morgan fingerprint density at radius 1 is 1.18 bits per heavy atom. The first kappa shape index (κ1) is 15.2. The molecule has 0 radical (unpaired) electrons. The molecule has 0 amide bonds. The Morgan fingerprint density at radius 2 is 1.53 bits per heavy atom. The lowest BCUT2D eigenvalue weighted by Crippen LogP contribution is -2.21. The topological polar surface area (TPSA) is 98.4 Å². The maximum Gasteiger partial charge on any atom is 0.522 e. The highest BCUT2D eigenvalue weighted by molar-refractivity contribution is 7.86. The summed E-state index contributed by atoms with van der Waals surface area (Å²) in [5, 5.41) is 17.0. The third-order valence-corrected chi connectivity index (χ3v) is 1.87. The predicted molar refractivity (Wildman–Crippen MR) is 50.4 cm³/mol. The fourth-order valence-electron chi connectivity index (χ4n) is 0.536. The van der Waals surface area contributed by atoms with Crippen LogP contribution in [-0.4, -0.2) is 23.6 Å². The molecule has 5 nitrogen and oxygen atoms in total. The number of rotatable bonds is 0. The summed E-state index contributed by atoms with van der Waals surface area (Å²) in [6, 6.07) is 8.04. The van der Waals surface area contributed by atoms with Crippen LogP contribution in [0, 0.1) is 11.3 Å². The van der Waals surface area contributed by atoms with Crippen LogP contribution in [0.25, 0.3) is 0 Å². The number of benzene rings is 1. The molecule has 0 atom stereocenters. The van der Waals surface area contributed by atoms with Crippen molar-refractivity contribution in [1.29, 1.82) is 5.26 Å². The van der Waals surface area contributed by atoms with E-state index in [0.717, 1.165) is 0 Å². The number of hydrogen-bond donors (Lipinski definition) is 2. The molecule has 0 aliphatic heterocycles. The van der Waals surface area contributed by atoms with Gasteiger partial charge < -0.3 is 5.11 Å². The molecule has 0 fully saturated rings. The van der Waals surface area contributed by atoms with E-state index in [0.29, 0.717) is 5.56 Å². The van der Waals surface area contributed by atoms with E-state index in [1.807, 2.05) is 6.07 Å². The van der Waals surface area contributed by atoms with Gasteiger partial charge in [0, 0.05) is 0 Å². The quantitative estimate of drug-likeness (QED) is 0.551. The van der Waals surface area contributed by atoms with E-state index in [-0.39, 0.29) is 5.75 Å². The van der Waals surface area contributed by atoms with Crippen molar-refractivity contribution in [2.75, 3.05) is 0 Å². The van der Waals surface area contributed by atoms with Crippen LogP contribution in [0.15, 0.2) is 24.3 Å². The standard InChI is InChI=1S/C7H5NO.CHF3O3S/c8-5-6-1-3-7(9)4-2-6;2-1(3,4)8(5,6)7/h1-4,9H;(H,5,6,7). The molecule has 2 N–H and O–H groups in total. The van der Waals surface area contributed by atoms with Gasteiger partial charge in [0.25, 0.3) is 0 Å². The summed E-state index contributed by atoms with van der Waals surface area (Å²) in [5.74, 6) is 0.189. The van der Waals surface area contributed by atoms with Gasteiger partial charge in [0.1, 0.15) is 5.75 Å². The smallest absolute Gasteiger partial charge is 0.508 e. The van der Waals surface area contributed by atoms with Gasteiger partial charge in [0.2, 0.25) is 0 Å². The van der Waals surface area contributed by atoms with Gasteiger partial charge in [-0.15, -0.1) is 0 Å². The number of hydrogen-bond acceptors (Lipinski definition) is 4. The van der Waals surface area contributed by atoms with Crippen LogP contribution >= 0.6 is 0 Å². The lowest BCUT2D eigenvalue weighted by molar-refractivity contribution is -0.0510. The summed E-state index contributed by atoms with van der Waals surface area (Å²) in [7, 11) is -5.84. The van der Waals surface area contributed by atoms with Crippen molar-refractivity contribution in [3.8, 4) is 11.8 Å². The maximum absolute atomic E-state index is 10.7. The number of phenols is 1. The Hall–Kier alpha value is -1.79. The van der Waals surface area contributed by atoms with Gasteiger partial charge in [0.15, 0.2) is 0 Å². The molecule has 0 bridgehead atoms. The largest absolute Gasteiger partial charge is 0.522 e. The lowest BCUT2D eigenvalue weighted by atomic mass is 10.2. The molecule has 0 aliphatic carbocycles.